The number of amides is 1. The molecule has 1 aliphatic rings. The molecule has 1 N–H and O–H groups in total. The van der Waals surface area contributed by atoms with E-state index in [4.69, 9.17) is 14.6 Å². The summed E-state index contributed by atoms with van der Waals surface area (Å²) in [6.45, 7) is 6.70. The van der Waals surface area contributed by atoms with Crippen molar-refractivity contribution < 1.29 is 18.7 Å². The molecule has 1 amide bonds. The Morgan fingerprint density at radius 3 is 2.74 bits per heavy atom. The van der Waals surface area contributed by atoms with E-state index < -0.39 is 5.60 Å². The van der Waals surface area contributed by atoms with Crippen LogP contribution in [0.4, 0.5) is 20.7 Å². The van der Waals surface area contributed by atoms with Gasteiger partial charge in [0.15, 0.2) is 0 Å². The molecule has 1 saturated heterocycles. The van der Waals surface area contributed by atoms with E-state index >= 15 is 0 Å². The molecule has 198 valence electrons. The Kier molecular flexibility index (Phi) is 6.93. The van der Waals surface area contributed by atoms with Crippen LogP contribution in [0.5, 0.6) is 5.75 Å². The van der Waals surface area contributed by atoms with Gasteiger partial charge in [-0.25, -0.2) is 13.9 Å². The Hall–Kier alpha value is -4.14. The van der Waals surface area contributed by atoms with Gasteiger partial charge >= 0.3 is 6.09 Å². The molecule has 0 radical (unpaired) electrons. The van der Waals surface area contributed by atoms with Gasteiger partial charge in [-0.05, 0) is 75.6 Å². The van der Waals surface area contributed by atoms with E-state index in [9.17, 15) is 9.18 Å². The fraction of sp³-hybridized carbons (Fsp3) is 0.345. The lowest BCUT2D eigenvalue weighted by atomic mass is 10.0. The third-order valence-corrected chi connectivity index (χ3v) is 6.50. The molecular weight excluding hydrogens is 485 g/mol. The molecule has 38 heavy (non-hydrogen) atoms. The Labute approximate surface area is 221 Å². The van der Waals surface area contributed by atoms with Crippen molar-refractivity contribution in [3.63, 3.8) is 0 Å². The van der Waals surface area contributed by atoms with Crippen LogP contribution >= 0.6 is 0 Å². The molecule has 4 aromatic rings. The molecule has 0 spiro atoms. The first-order chi connectivity index (χ1) is 18.2. The number of methoxy groups -OCH3 is 1. The average molecular weight is 518 g/mol. The number of aromatic nitrogens is 3. The van der Waals surface area contributed by atoms with Gasteiger partial charge in [0.05, 0.1) is 36.1 Å². The number of carbonyl (C=O) groups excluding carboxylic acids is 1. The summed E-state index contributed by atoms with van der Waals surface area (Å²) in [6.07, 6.45) is 4.80. The molecule has 0 saturated carbocycles. The van der Waals surface area contributed by atoms with E-state index in [2.05, 4.69) is 10.3 Å². The largest absolute Gasteiger partial charge is 0.496 e. The van der Waals surface area contributed by atoms with Crippen molar-refractivity contribution in [2.45, 2.75) is 45.3 Å². The highest BCUT2D eigenvalue weighted by Crippen LogP contribution is 2.38. The number of likely N-dealkylation sites (tertiary alicyclic amines) is 1. The number of benzene rings is 2. The molecule has 0 aliphatic carbocycles. The molecule has 1 aliphatic heterocycles. The van der Waals surface area contributed by atoms with Crippen LogP contribution in [0.2, 0.25) is 0 Å². The molecule has 2 aromatic heterocycles. The highest BCUT2D eigenvalue weighted by Gasteiger charge is 2.30. The molecule has 1 fully saturated rings. The summed E-state index contributed by atoms with van der Waals surface area (Å²) in [4.78, 5) is 18.8. The number of fused-ring (bicyclic) bond motifs is 1. The maximum atomic E-state index is 14.9. The maximum Gasteiger partial charge on any atom is 0.410 e. The number of hydrogen-bond donors (Lipinski definition) is 1. The van der Waals surface area contributed by atoms with Crippen molar-refractivity contribution in [2.75, 3.05) is 25.5 Å². The zero-order chi connectivity index (χ0) is 26.9. The molecule has 5 rings (SSSR count). The lowest BCUT2D eigenvalue weighted by molar-refractivity contribution is 0.0168. The third-order valence-electron chi connectivity index (χ3n) is 6.50. The van der Waals surface area contributed by atoms with E-state index in [0.29, 0.717) is 30.0 Å². The summed E-state index contributed by atoms with van der Waals surface area (Å²) in [5.74, 6) is 0.845. The molecule has 2 aromatic carbocycles. The van der Waals surface area contributed by atoms with Gasteiger partial charge in [-0.2, -0.15) is 5.10 Å². The van der Waals surface area contributed by atoms with Crippen LogP contribution in [0.3, 0.4) is 0 Å². The van der Waals surface area contributed by atoms with Crippen LogP contribution in [0.15, 0.2) is 60.9 Å². The first-order valence-corrected chi connectivity index (χ1v) is 12.7. The van der Waals surface area contributed by atoms with Crippen molar-refractivity contribution in [1.82, 2.24) is 19.7 Å². The summed E-state index contributed by atoms with van der Waals surface area (Å²) in [6, 6.07) is 14.2. The number of nitrogens with zero attached hydrogens (tertiary/aromatic N) is 4. The zero-order valence-corrected chi connectivity index (χ0v) is 22.1. The number of halogens is 1. The monoisotopic (exact) mass is 517 g/mol. The number of ether oxygens (including phenoxy) is 2. The van der Waals surface area contributed by atoms with E-state index in [1.807, 2.05) is 55.8 Å². The smallest absolute Gasteiger partial charge is 0.410 e. The number of anilines is 2. The summed E-state index contributed by atoms with van der Waals surface area (Å²) < 4.78 is 28.0. The van der Waals surface area contributed by atoms with Crippen molar-refractivity contribution in [1.29, 1.82) is 0 Å². The van der Waals surface area contributed by atoms with Gasteiger partial charge in [0.1, 0.15) is 23.0 Å². The first kappa shape index (κ1) is 25.5. The quantitative estimate of drug-likeness (QED) is 0.323. The van der Waals surface area contributed by atoms with E-state index in [1.54, 1.807) is 29.4 Å². The Morgan fingerprint density at radius 2 is 2.00 bits per heavy atom. The molecule has 3 heterocycles. The van der Waals surface area contributed by atoms with Crippen molar-refractivity contribution in [3.8, 4) is 16.9 Å². The summed E-state index contributed by atoms with van der Waals surface area (Å²) in [5.41, 5.74) is 2.06. The highest BCUT2D eigenvalue weighted by atomic mass is 19.1. The Morgan fingerprint density at radius 1 is 1.16 bits per heavy atom. The average Bonchev–Trinajstić information content (AvgIpc) is 3.25. The van der Waals surface area contributed by atoms with Gasteiger partial charge in [-0.3, -0.25) is 4.98 Å². The first-order valence-electron chi connectivity index (χ1n) is 12.7. The second kappa shape index (κ2) is 10.3. The molecule has 8 nitrogen and oxygen atoms in total. The predicted octanol–water partition coefficient (Wildman–Crippen LogP) is 6.56. The van der Waals surface area contributed by atoms with Crippen LogP contribution in [0, 0.1) is 5.82 Å². The third kappa shape index (κ3) is 5.27. The van der Waals surface area contributed by atoms with E-state index in [1.165, 1.54) is 13.2 Å². The zero-order valence-electron chi connectivity index (χ0n) is 22.1. The number of hydrogen-bond acceptors (Lipinski definition) is 6. The highest BCUT2D eigenvalue weighted by molar-refractivity contribution is 5.95. The minimum Gasteiger partial charge on any atom is -0.496 e. The maximum absolute atomic E-state index is 14.9. The molecule has 1 unspecified atom stereocenters. The van der Waals surface area contributed by atoms with E-state index in [-0.39, 0.29) is 18.0 Å². The second-order valence-corrected chi connectivity index (χ2v) is 10.4. The van der Waals surface area contributed by atoms with Gasteiger partial charge in [0.25, 0.3) is 0 Å². The lowest BCUT2D eigenvalue weighted by Crippen LogP contribution is -2.43. The lowest BCUT2D eigenvalue weighted by Gasteiger charge is -2.34. The van der Waals surface area contributed by atoms with Crippen molar-refractivity contribution >= 4 is 28.5 Å². The number of pyridine rings is 1. The topological polar surface area (TPSA) is 81.5 Å². The Balaban J connectivity index is 1.58. The standard InChI is InChI=1S/C29H32FN5O3/c1-29(2,3)38-28(36)34-15-7-9-21(18-34)35-27(32-20-8-6-14-31-17-20)22-16-19(12-13-24(22)33-35)26-23(30)10-5-11-25(26)37-4/h5-6,8,10-14,16-17,21,32H,7,9,15,18H2,1-4H3. The Bertz CT molecular complexity index is 1450. The van der Waals surface area contributed by atoms with Gasteiger partial charge in [0, 0.05) is 24.7 Å². The minimum atomic E-state index is -0.568. The number of carbonyl (C=O) groups is 1. The number of piperidine rings is 1. The SMILES string of the molecule is COc1cccc(F)c1-c1ccc2nn(C3CCCN(C(=O)OC(C)(C)C)C3)c(Nc3cccnc3)c2c1. The summed E-state index contributed by atoms with van der Waals surface area (Å²) in [7, 11) is 1.53. The number of rotatable bonds is 5. The van der Waals surface area contributed by atoms with Gasteiger partial charge in [0.2, 0.25) is 0 Å². The van der Waals surface area contributed by atoms with Crippen LogP contribution in [0.25, 0.3) is 22.0 Å². The summed E-state index contributed by atoms with van der Waals surface area (Å²) >= 11 is 0. The molecule has 9 heteroatoms. The second-order valence-electron chi connectivity index (χ2n) is 10.4. The fourth-order valence-electron chi connectivity index (χ4n) is 4.82. The van der Waals surface area contributed by atoms with Crippen LogP contribution in [0.1, 0.15) is 39.7 Å². The fourth-order valence-corrected chi connectivity index (χ4v) is 4.82. The van der Waals surface area contributed by atoms with Crippen molar-refractivity contribution in [2.24, 2.45) is 0 Å². The predicted molar refractivity (Wildman–Crippen MR) is 145 cm³/mol. The van der Waals surface area contributed by atoms with Crippen LogP contribution in [-0.2, 0) is 4.74 Å². The molecular formula is C29H32FN5O3. The van der Waals surface area contributed by atoms with Crippen LogP contribution < -0.4 is 10.1 Å². The molecule has 1 atom stereocenters. The summed E-state index contributed by atoms with van der Waals surface area (Å²) in [5, 5.41) is 9.23. The van der Waals surface area contributed by atoms with Gasteiger partial charge < -0.3 is 19.7 Å². The minimum absolute atomic E-state index is 0.0747. The normalized spacial score (nSPS) is 15.9. The van der Waals surface area contributed by atoms with Gasteiger partial charge in [-0.15, -0.1) is 0 Å². The number of nitrogens with one attached hydrogen (secondary N) is 1. The van der Waals surface area contributed by atoms with Gasteiger partial charge in [-0.1, -0.05) is 12.1 Å². The van der Waals surface area contributed by atoms with Crippen LogP contribution in [-0.4, -0.2) is 51.6 Å². The van der Waals surface area contributed by atoms with E-state index in [0.717, 1.165) is 35.2 Å². The van der Waals surface area contributed by atoms with Crippen molar-refractivity contribution in [3.05, 3.63) is 66.7 Å². The molecule has 0 bridgehead atoms.